The predicted octanol–water partition coefficient (Wildman–Crippen LogP) is -1.29. The van der Waals surface area contributed by atoms with Crippen LogP contribution in [-0.2, 0) is 0 Å². The van der Waals surface area contributed by atoms with Crippen LogP contribution in [0.2, 0.25) is 0 Å². The molecule has 0 unspecified atom stereocenters. The van der Waals surface area contributed by atoms with E-state index in [0.29, 0.717) is 0 Å². The average Bonchev–Trinajstić information content (AvgIpc) is 1.65. The molecule has 0 aromatic rings. The van der Waals surface area contributed by atoms with Gasteiger partial charge in [-0.15, -0.1) is 0 Å². The van der Waals surface area contributed by atoms with Crippen molar-refractivity contribution in [2.24, 2.45) is 0 Å². The molecule has 0 fully saturated rings. The Balaban J connectivity index is 2.99. The van der Waals surface area contributed by atoms with Crippen molar-refractivity contribution in [3.05, 3.63) is 0 Å². The first-order chi connectivity index (χ1) is 2.81. The van der Waals surface area contributed by atoms with Crippen LogP contribution in [0.15, 0.2) is 0 Å². The first kappa shape index (κ1) is 5.23. The van der Waals surface area contributed by atoms with E-state index < -0.39 is 0 Å². The van der Waals surface area contributed by atoms with Gasteiger partial charge in [0.2, 0.25) is 5.96 Å². The summed E-state index contributed by atoms with van der Waals surface area (Å²) < 4.78 is 0. The number of hydrogen-bond acceptors (Lipinski definition) is 1. The van der Waals surface area contributed by atoms with Gasteiger partial charge in [0, 0.05) is 7.05 Å². The van der Waals surface area contributed by atoms with E-state index in [2.05, 4.69) is 5.32 Å². The van der Waals surface area contributed by atoms with Crippen LogP contribution in [0, 0.1) is 5.41 Å². The second-order valence-corrected chi connectivity index (χ2v) is 0.737. The highest BCUT2D eigenvalue weighted by molar-refractivity contribution is 5.75. The Morgan fingerprint density at radius 3 is 2.33 bits per heavy atom. The van der Waals surface area contributed by atoms with Crippen molar-refractivity contribution in [3.8, 4) is 0 Å². The normalized spacial score (nSPS) is 7.00. The summed E-state index contributed by atoms with van der Waals surface area (Å²) in [4.78, 5) is 0. The number of nitrogens with one attached hydrogen (secondary N) is 3. The minimum Gasteiger partial charge on any atom is -0.358 e. The van der Waals surface area contributed by atoms with Gasteiger partial charge in [0.15, 0.2) is 0 Å². The highest BCUT2D eigenvalue weighted by atomic mass is 15.3. The van der Waals surface area contributed by atoms with E-state index >= 15 is 0 Å². The van der Waals surface area contributed by atoms with Crippen molar-refractivity contribution >= 4 is 5.96 Å². The number of nitrogens with zero attached hydrogens (tertiary/aromatic N) is 1. The third-order valence-electron chi connectivity index (χ3n) is 0.362. The van der Waals surface area contributed by atoms with E-state index in [-0.39, 0.29) is 5.96 Å². The van der Waals surface area contributed by atoms with Crippen molar-refractivity contribution < 1.29 is 0 Å². The third kappa shape index (κ3) is 1.54. The molecule has 0 atom stereocenters. The molecule has 4 heteroatoms. The average molecular weight is 86.1 g/mol. The molecule has 6 heavy (non-hydrogen) atoms. The molecule has 0 spiro atoms. The summed E-state index contributed by atoms with van der Waals surface area (Å²) in [6.45, 7) is 0. The van der Waals surface area contributed by atoms with Gasteiger partial charge < -0.3 is 5.32 Å². The van der Waals surface area contributed by atoms with E-state index in [4.69, 9.17) is 11.3 Å². The Morgan fingerprint density at radius 2 is 2.33 bits per heavy atom. The van der Waals surface area contributed by atoms with Gasteiger partial charge in [0.1, 0.15) is 0 Å². The lowest BCUT2D eigenvalue weighted by molar-refractivity contribution is 0.900. The van der Waals surface area contributed by atoms with E-state index in [1.54, 1.807) is 5.43 Å². The van der Waals surface area contributed by atoms with E-state index in [9.17, 15) is 0 Å². The molecule has 0 aromatic carbocycles. The maximum atomic E-state index is 7.80. The van der Waals surface area contributed by atoms with Gasteiger partial charge in [0.05, 0.1) is 0 Å². The number of hydrogen-bond donors (Lipinski definition) is 3. The van der Waals surface area contributed by atoms with Crippen molar-refractivity contribution in [1.82, 2.24) is 16.6 Å². The summed E-state index contributed by atoms with van der Waals surface area (Å²) in [6, 6.07) is 0. The van der Waals surface area contributed by atoms with Gasteiger partial charge in [-0.25, -0.2) is 0 Å². The highest BCUT2D eigenvalue weighted by Gasteiger charge is 1.77. The van der Waals surface area contributed by atoms with Crippen LogP contribution >= 0.6 is 0 Å². The van der Waals surface area contributed by atoms with E-state index in [1.165, 1.54) is 7.05 Å². The first-order valence-corrected chi connectivity index (χ1v) is 1.47. The molecule has 0 aliphatic heterocycles. The van der Waals surface area contributed by atoms with Crippen LogP contribution in [0.25, 0.3) is 0 Å². The molecule has 0 saturated heterocycles. The Hall–Kier alpha value is -0.770. The van der Waals surface area contributed by atoms with Gasteiger partial charge in [-0.1, -0.05) is 0 Å². The lowest BCUT2D eigenvalue weighted by Crippen LogP contribution is -2.31. The van der Waals surface area contributed by atoms with Gasteiger partial charge >= 0.3 is 0 Å². The zero-order valence-electron chi connectivity index (χ0n) is 3.45. The maximum Gasteiger partial charge on any atom is 0.205 e. The van der Waals surface area contributed by atoms with E-state index in [1.807, 2.05) is 0 Å². The molecule has 0 aliphatic carbocycles. The molecule has 3 N–H and O–H groups in total. The minimum absolute atomic E-state index is 0.102. The zero-order valence-corrected chi connectivity index (χ0v) is 3.45. The van der Waals surface area contributed by atoms with Crippen molar-refractivity contribution in [3.63, 3.8) is 0 Å². The zero-order chi connectivity index (χ0) is 4.99. The summed E-state index contributed by atoms with van der Waals surface area (Å²) in [7, 11) is 1.53. The molecule has 34 valence electrons. The van der Waals surface area contributed by atoms with Gasteiger partial charge in [-0.2, -0.15) is 0 Å². The van der Waals surface area contributed by atoms with Crippen molar-refractivity contribution in [2.45, 2.75) is 0 Å². The van der Waals surface area contributed by atoms with Gasteiger partial charge in [-0.3, -0.25) is 10.8 Å². The largest absolute Gasteiger partial charge is 0.358 e. The summed E-state index contributed by atoms with van der Waals surface area (Å²) in [5.74, 6) is 7.70. The van der Waals surface area contributed by atoms with E-state index in [0.717, 1.165) is 0 Å². The van der Waals surface area contributed by atoms with Crippen LogP contribution in [0.5, 0.6) is 0 Å². The lowest BCUT2D eigenvalue weighted by atomic mass is 11.0. The molecule has 0 aliphatic rings. The molecular formula is C2H6N4. The second-order valence-electron chi connectivity index (χ2n) is 0.737. The van der Waals surface area contributed by atoms with Crippen LogP contribution < -0.4 is 16.6 Å². The molecule has 0 rings (SSSR count). The van der Waals surface area contributed by atoms with Crippen molar-refractivity contribution in [1.29, 1.82) is 5.41 Å². The monoisotopic (exact) mass is 86.1 g/mol. The highest BCUT2D eigenvalue weighted by Crippen LogP contribution is 1.41. The predicted molar refractivity (Wildman–Crippen MR) is 22.1 cm³/mol. The van der Waals surface area contributed by atoms with Crippen LogP contribution in [0.4, 0.5) is 0 Å². The molecule has 0 bridgehead atoms. The first-order valence-electron chi connectivity index (χ1n) is 1.47. The molecule has 2 radical (unpaired) electrons. The molecule has 0 saturated carbocycles. The fraction of sp³-hybridized carbons (Fsp3) is 0.500. The molecule has 4 nitrogen and oxygen atoms in total. The topological polar surface area (TPSA) is 70.2 Å². The minimum atomic E-state index is -0.102. The standard InChI is InChI=1S/C2H6N4/c1-5-2(3)6-4/h1H3,(H3,3,5,6). The van der Waals surface area contributed by atoms with Crippen LogP contribution in [0.3, 0.4) is 0 Å². The quantitative estimate of drug-likeness (QED) is 0.195. The Bertz CT molecular complexity index is 43.5. The molecule has 0 aromatic heterocycles. The molecule has 0 heterocycles. The summed E-state index contributed by atoms with van der Waals surface area (Å²) in [6.07, 6.45) is 0. The molecule has 0 amide bonds. The lowest BCUT2D eigenvalue weighted by Gasteiger charge is -1.92. The summed E-state index contributed by atoms with van der Waals surface area (Å²) in [5.41, 5.74) is 1.59. The van der Waals surface area contributed by atoms with Crippen molar-refractivity contribution in [2.75, 3.05) is 7.05 Å². The number of rotatable bonds is 0. The SMILES string of the molecule is CNC(=N)N[N]. The molecular weight excluding hydrogens is 80.0 g/mol. The fourth-order valence-corrected chi connectivity index (χ4v) is 0.0559. The maximum absolute atomic E-state index is 7.80. The number of guanidine groups is 1. The fourth-order valence-electron chi connectivity index (χ4n) is 0.0559. The van der Waals surface area contributed by atoms with Gasteiger partial charge in [0.25, 0.3) is 0 Å². The van der Waals surface area contributed by atoms with Crippen LogP contribution in [0.1, 0.15) is 0 Å². The Kier molecular flexibility index (Phi) is 2.15. The second kappa shape index (κ2) is 2.47. The summed E-state index contributed by atoms with van der Waals surface area (Å²) in [5, 5.41) is 8.85. The summed E-state index contributed by atoms with van der Waals surface area (Å²) >= 11 is 0. The Labute approximate surface area is 36.2 Å². The van der Waals surface area contributed by atoms with Crippen LogP contribution in [-0.4, -0.2) is 13.0 Å². The van der Waals surface area contributed by atoms with Gasteiger partial charge in [-0.05, 0) is 5.84 Å². The Morgan fingerprint density at radius 1 is 1.83 bits per heavy atom. The smallest absolute Gasteiger partial charge is 0.205 e. The third-order valence-corrected chi connectivity index (χ3v) is 0.362.